The number of rotatable bonds is 2. The SMILES string of the molecule is Cn1nc(C(F)(F)F)cc1C(=O)N1CCC[C@H]1c1cccc(F)c1. The second-order valence-electron chi connectivity index (χ2n) is 5.75. The van der Waals surface area contributed by atoms with Crippen LogP contribution in [0.2, 0.25) is 0 Å². The minimum atomic E-state index is -4.61. The van der Waals surface area contributed by atoms with Crippen LogP contribution in [0.4, 0.5) is 17.6 Å². The molecule has 1 amide bonds. The molecule has 24 heavy (non-hydrogen) atoms. The van der Waals surface area contributed by atoms with Crippen molar-refractivity contribution >= 4 is 5.91 Å². The first-order valence-corrected chi connectivity index (χ1v) is 7.45. The van der Waals surface area contributed by atoms with E-state index in [4.69, 9.17) is 0 Å². The van der Waals surface area contributed by atoms with Crippen LogP contribution >= 0.6 is 0 Å². The smallest absolute Gasteiger partial charge is 0.330 e. The standard InChI is InChI=1S/C16H15F4N3O/c1-22-13(9-14(21-22)16(18,19)20)15(24)23-7-3-6-12(23)10-4-2-5-11(17)8-10/h2,4-5,8-9,12H,3,6-7H2,1H3/t12-/m0/s1. The molecule has 0 radical (unpaired) electrons. The van der Waals surface area contributed by atoms with Gasteiger partial charge >= 0.3 is 6.18 Å². The average Bonchev–Trinajstić information content (AvgIpc) is 3.12. The predicted octanol–water partition coefficient (Wildman–Crippen LogP) is 3.56. The summed E-state index contributed by atoms with van der Waals surface area (Å²) in [5.41, 5.74) is -0.598. The summed E-state index contributed by atoms with van der Waals surface area (Å²) in [6, 6.07) is 6.32. The fourth-order valence-electron chi connectivity index (χ4n) is 3.02. The third-order valence-corrected chi connectivity index (χ3v) is 4.14. The van der Waals surface area contributed by atoms with Crippen LogP contribution in [0.1, 0.15) is 40.6 Å². The van der Waals surface area contributed by atoms with E-state index in [1.807, 2.05) is 0 Å². The van der Waals surface area contributed by atoms with Gasteiger partial charge in [0.25, 0.3) is 5.91 Å². The minimum Gasteiger partial charge on any atom is -0.330 e. The quantitative estimate of drug-likeness (QED) is 0.784. The lowest BCUT2D eigenvalue weighted by Gasteiger charge is -2.25. The monoisotopic (exact) mass is 341 g/mol. The molecular weight excluding hydrogens is 326 g/mol. The van der Waals surface area contributed by atoms with Gasteiger partial charge in [-0.2, -0.15) is 18.3 Å². The Balaban J connectivity index is 1.90. The zero-order chi connectivity index (χ0) is 17.5. The van der Waals surface area contributed by atoms with Crippen LogP contribution in [-0.2, 0) is 13.2 Å². The summed E-state index contributed by atoms with van der Waals surface area (Å²) in [6.45, 7) is 0.409. The number of carbonyl (C=O) groups is 1. The van der Waals surface area contributed by atoms with Crippen LogP contribution in [0.5, 0.6) is 0 Å². The Morgan fingerprint density at radius 3 is 2.67 bits per heavy atom. The van der Waals surface area contributed by atoms with Crippen LogP contribution < -0.4 is 0 Å². The molecule has 0 saturated carbocycles. The van der Waals surface area contributed by atoms with Gasteiger partial charge in [0.2, 0.25) is 0 Å². The van der Waals surface area contributed by atoms with E-state index < -0.39 is 23.6 Å². The van der Waals surface area contributed by atoms with Gasteiger partial charge in [0.15, 0.2) is 5.69 Å². The molecule has 0 aliphatic carbocycles. The van der Waals surface area contributed by atoms with E-state index in [1.165, 1.54) is 24.1 Å². The van der Waals surface area contributed by atoms with E-state index in [1.54, 1.807) is 12.1 Å². The van der Waals surface area contributed by atoms with Crippen molar-refractivity contribution < 1.29 is 22.4 Å². The largest absolute Gasteiger partial charge is 0.435 e. The van der Waals surface area contributed by atoms with Crippen molar-refractivity contribution in [1.82, 2.24) is 14.7 Å². The maximum Gasteiger partial charge on any atom is 0.435 e. The molecule has 2 aromatic rings. The predicted molar refractivity (Wildman–Crippen MR) is 77.6 cm³/mol. The lowest BCUT2D eigenvalue weighted by molar-refractivity contribution is -0.141. The number of likely N-dealkylation sites (tertiary alicyclic amines) is 1. The third-order valence-electron chi connectivity index (χ3n) is 4.14. The van der Waals surface area contributed by atoms with Gasteiger partial charge in [-0.25, -0.2) is 4.39 Å². The van der Waals surface area contributed by atoms with Crippen LogP contribution in [-0.4, -0.2) is 27.1 Å². The van der Waals surface area contributed by atoms with Gasteiger partial charge in [-0.05, 0) is 30.5 Å². The summed E-state index contributed by atoms with van der Waals surface area (Å²) < 4.78 is 52.7. The number of aryl methyl sites for hydroxylation is 1. The zero-order valence-electron chi connectivity index (χ0n) is 12.8. The van der Waals surface area contributed by atoms with Crippen molar-refractivity contribution in [3.05, 3.63) is 53.1 Å². The summed E-state index contributed by atoms with van der Waals surface area (Å²) in [7, 11) is 1.30. The molecule has 0 spiro atoms. The number of benzene rings is 1. The van der Waals surface area contributed by atoms with Gasteiger partial charge in [0.1, 0.15) is 11.5 Å². The van der Waals surface area contributed by atoms with E-state index in [0.717, 1.165) is 10.7 Å². The average molecular weight is 341 g/mol. The second kappa shape index (κ2) is 5.92. The van der Waals surface area contributed by atoms with E-state index in [-0.39, 0.29) is 11.7 Å². The van der Waals surface area contributed by atoms with Crippen LogP contribution in [0.3, 0.4) is 0 Å². The highest BCUT2D eigenvalue weighted by molar-refractivity contribution is 5.93. The third kappa shape index (κ3) is 3.00. The summed E-state index contributed by atoms with van der Waals surface area (Å²) in [5, 5.41) is 3.37. The molecule has 8 heteroatoms. The van der Waals surface area contributed by atoms with Crippen molar-refractivity contribution in [2.24, 2.45) is 7.05 Å². The van der Waals surface area contributed by atoms with E-state index in [9.17, 15) is 22.4 Å². The number of halogens is 4. The Morgan fingerprint density at radius 1 is 1.29 bits per heavy atom. The van der Waals surface area contributed by atoms with Gasteiger partial charge in [0, 0.05) is 19.7 Å². The molecule has 0 N–H and O–H groups in total. The highest BCUT2D eigenvalue weighted by Crippen LogP contribution is 2.34. The fourth-order valence-corrected chi connectivity index (χ4v) is 3.02. The topological polar surface area (TPSA) is 38.1 Å². The number of carbonyl (C=O) groups excluding carboxylic acids is 1. The normalized spacial score (nSPS) is 18.2. The molecule has 4 nitrogen and oxygen atoms in total. The van der Waals surface area contributed by atoms with Crippen molar-refractivity contribution in [1.29, 1.82) is 0 Å². The molecule has 1 aliphatic heterocycles. The molecule has 1 aliphatic rings. The molecule has 2 heterocycles. The molecule has 1 fully saturated rings. The Kier molecular flexibility index (Phi) is 4.06. The fraction of sp³-hybridized carbons (Fsp3) is 0.375. The van der Waals surface area contributed by atoms with E-state index in [0.29, 0.717) is 24.9 Å². The lowest BCUT2D eigenvalue weighted by atomic mass is 10.0. The van der Waals surface area contributed by atoms with Crippen LogP contribution in [0, 0.1) is 5.82 Å². The summed E-state index contributed by atoms with van der Waals surface area (Å²) in [4.78, 5) is 14.2. The Labute approximate surface area is 135 Å². The number of aromatic nitrogens is 2. The summed E-state index contributed by atoms with van der Waals surface area (Å²) >= 11 is 0. The van der Waals surface area contributed by atoms with E-state index >= 15 is 0 Å². The van der Waals surface area contributed by atoms with Crippen molar-refractivity contribution in [2.45, 2.75) is 25.1 Å². The molecule has 1 atom stereocenters. The maximum atomic E-state index is 13.4. The first-order valence-electron chi connectivity index (χ1n) is 7.45. The van der Waals surface area contributed by atoms with Gasteiger partial charge in [-0.3, -0.25) is 9.48 Å². The highest BCUT2D eigenvalue weighted by Gasteiger charge is 2.37. The van der Waals surface area contributed by atoms with Crippen molar-refractivity contribution in [3.63, 3.8) is 0 Å². The van der Waals surface area contributed by atoms with Gasteiger partial charge < -0.3 is 4.90 Å². The highest BCUT2D eigenvalue weighted by atomic mass is 19.4. The Bertz CT molecular complexity index is 769. The molecule has 1 saturated heterocycles. The lowest BCUT2D eigenvalue weighted by Crippen LogP contribution is -2.32. The maximum absolute atomic E-state index is 13.4. The Hall–Kier alpha value is -2.38. The first-order chi connectivity index (χ1) is 11.3. The molecule has 1 aromatic heterocycles. The van der Waals surface area contributed by atoms with Gasteiger partial charge in [-0.1, -0.05) is 12.1 Å². The molecule has 3 rings (SSSR count). The molecule has 128 valence electrons. The molecule has 1 aromatic carbocycles. The van der Waals surface area contributed by atoms with Crippen molar-refractivity contribution in [2.75, 3.05) is 6.54 Å². The second-order valence-corrected chi connectivity index (χ2v) is 5.75. The van der Waals surface area contributed by atoms with Gasteiger partial charge in [0.05, 0.1) is 6.04 Å². The minimum absolute atomic E-state index is 0.134. The summed E-state index contributed by atoms with van der Waals surface area (Å²) in [5.74, 6) is -0.945. The van der Waals surface area contributed by atoms with Crippen molar-refractivity contribution in [3.8, 4) is 0 Å². The number of alkyl halides is 3. The summed E-state index contributed by atoms with van der Waals surface area (Å²) in [6.07, 6.45) is -3.26. The van der Waals surface area contributed by atoms with Crippen LogP contribution in [0.15, 0.2) is 30.3 Å². The molecule has 0 bridgehead atoms. The van der Waals surface area contributed by atoms with Crippen LogP contribution in [0.25, 0.3) is 0 Å². The Morgan fingerprint density at radius 2 is 2.04 bits per heavy atom. The number of amides is 1. The first kappa shape index (κ1) is 16.5. The molecular formula is C16H15F4N3O. The zero-order valence-corrected chi connectivity index (χ0v) is 12.8. The van der Waals surface area contributed by atoms with E-state index in [2.05, 4.69) is 5.10 Å². The number of hydrogen-bond donors (Lipinski definition) is 0. The molecule has 0 unspecified atom stereocenters. The van der Waals surface area contributed by atoms with Gasteiger partial charge in [-0.15, -0.1) is 0 Å². The number of nitrogens with zero attached hydrogens (tertiary/aromatic N) is 3. The number of hydrogen-bond acceptors (Lipinski definition) is 2.